The molecule has 0 aliphatic carbocycles. The zero-order valence-corrected chi connectivity index (χ0v) is 15.8. The van der Waals surface area contributed by atoms with E-state index in [1.807, 2.05) is 24.5 Å². The van der Waals surface area contributed by atoms with Gasteiger partial charge in [-0.2, -0.15) is 0 Å². The molecule has 0 saturated carbocycles. The third kappa shape index (κ3) is 4.51. The van der Waals surface area contributed by atoms with Gasteiger partial charge in [0.25, 0.3) is 0 Å². The van der Waals surface area contributed by atoms with Gasteiger partial charge in [0.15, 0.2) is 17.3 Å². The Morgan fingerprint density at radius 1 is 1.23 bits per heavy atom. The number of nitrogens with one attached hydrogen (secondary N) is 1. The van der Waals surface area contributed by atoms with Crippen LogP contribution < -0.4 is 14.8 Å². The summed E-state index contributed by atoms with van der Waals surface area (Å²) < 4.78 is 10.7. The van der Waals surface area contributed by atoms with Crippen molar-refractivity contribution < 1.29 is 19.4 Å². The first-order chi connectivity index (χ1) is 12.6. The zero-order chi connectivity index (χ0) is 18.5. The van der Waals surface area contributed by atoms with Gasteiger partial charge < -0.3 is 19.9 Å². The summed E-state index contributed by atoms with van der Waals surface area (Å²) in [7, 11) is 0. The first-order valence-electron chi connectivity index (χ1n) is 8.59. The molecule has 138 valence electrons. The molecule has 0 amide bonds. The second-order valence-corrected chi connectivity index (χ2v) is 7.17. The fraction of sp³-hybridized carbons (Fsp3) is 0.350. The first-order valence-corrected chi connectivity index (χ1v) is 9.81. The molecule has 0 radical (unpaired) electrons. The Balaban J connectivity index is 1.47. The molecule has 1 unspecified atom stereocenters. The highest BCUT2D eigenvalue weighted by atomic mass is 32.2. The summed E-state index contributed by atoms with van der Waals surface area (Å²) >= 11 is 1.42. The Morgan fingerprint density at radius 3 is 2.85 bits per heavy atom. The second kappa shape index (κ2) is 8.47. The number of phenols is 1. The lowest BCUT2D eigenvalue weighted by Crippen LogP contribution is -2.31. The Hall–Kier alpha value is -2.18. The lowest BCUT2D eigenvalue weighted by molar-refractivity contribution is 0.0987. The van der Waals surface area contributed by atoms with Crippen molar-refractivity contribution in [1.82, 2.24) is 5.32 Å². The van der Waals surface area contributed by atoms with E-state index < -0.39 is 0 Å². The van der Waals surface area contributed by atoms with Crippen LogP contribution in [0.3, 0.4) is 0 Å². The normalized spacial score (nSPS) is 13.6. The van der Waals surface area contributed by atoms with E-state index in [4.69, 9.17) is 9.47 Å². The van der Waals surface area contributed by atoms with E-state index in [-0.39, 0.29) is 30.9 Å². The summed E-state index contributed by atoms with van der Waals surface area (Å²) in [6.07, 6.45) is 3.69. The maximum absolute atomic E-state index is 12.3. The van der Waals surface area contributed by atoms with Gasteiger partial charge in [-0.25, -0.2) is 0 Å². The van der Waals surface area contributed by atoms with Crippen molar-refractivity contribution in [2.75, 3.05) is 19.6 Å². The number of aromatic hydroxyl groups is 1. The highest BCUT2D eigenvalue weighted by molar-refractivity contribution is 7.98. The van der Waals surface area contributed by atoms with E-state index >= 15 is 0 Å². The van der Waals surface area contributed by atoms with Crippen molar-refractivity contribution in [3.63, 3.8) is 0 Å². The third-order valence-corrected chi connectivity index (χ3v) is 5.18. The van der Waals surface area contributed by atoms with Crippen LogP contribution in [0.15, 0.2) is 41.3 Å². The molecule has 2 aromatic rings. The van der Waals surface area contributed by atoms with E-state index in [0.29, 0.717) is 10.5 Å². The molecule has 3 rings (SSSR count). The molecule has 26 heavy (non-hydrogen) atoms. The van der Waals surface area contributed by atoms with Gasteiger partial charge in [0.1, 0.15) is 5.75 Å². The molecule has 1 atom stereocenters. The number of hydrogen-bond donors (Lipinski definition) is 2. The SMILES string of the molecule is CSc1cc(C(=O)CNC(C)CCc2ccc3c(c2)OCO3)ccc1O. The number of aryl methyl sites for hydroxylation is 1. The second-order valence-electron chi connectivity index (χ2n) is 6.32. The van der Waals surface area contributed by atoms with Crippen LogP contribution in [0.1, 0.15) is 29.3 Å². The maximum atomic E-state index is 12.3. The number of carbonyl (C=O) groups is 1. The van der Waals surface area contributed by atoms with Crippen LogP contribution in [0.4, 0.5) is 0 Å². The zero-order valence-electron chi connectivity index (χ0n) is 15.0. The van der Waals surface area contributed by atoms with E-state index in [0.717, 1.165) is 24.3 Å². The number of benzene rings is 2. The Labute approximate surface area is 157 Å². The molecule has 5 nitrogen and oxygen atoms in total. The van der Waals surface area contributed by atoms with Crippen molar-refractivity contribution in [3.8, 4) is 17.2 Å². The molecule has 0 fully saturated rings. The molecule has 0 aromatic heterocycles. The summed E-state index contributed by atoms with van der Waals surface area (Å²) in [5.41, 5.74) is 1.81. The topological polar surface area (TPSA) is 67.8 Å². The van der Waals surface area contributed by atoms with Gasteiger partial charge in [-0.3, -0.25) is 4.79 Å². The van der Waals surface area contributed by atoms with Gasteiger partial charge in [0.2, 0.25) is 6.79 Å². The van der Waals surface area contributed by atoms with Crippen LogP contribution in [0.5, 0.6) is 17.2 Å². The van der Waals surface area contributed by atoms with Crippen LogP contribution in [0, 0.1) is 0 Å². The molecule has 1 heterocycles. The highest BCUT2D eigenvalue weighted by Crippen LogP contribution is 2.32. The monoisotopic (exact) mass is 373 g/mol. The van der Waals surface area contributed by atoms with Gasteiger partial charge in [-0.05, 0) is 61.9 Å². The van der Waals surface area contributed by atoms with Gasteiger partial charge in [0.05, 0.1) is 6.54 Å². The first kappa shape index (κ1) is 18.6. The van der Waals surface area contributed by atoms with E-state index in [2.05, 4.69) is 12.2 Å². The molecule has 6 heteroatoms. The minimum atomic E-state index is 0.0234. The van der Waals surface area contributed by atoms with Gasteiger partial charge in [0, 0.05) is 16.5 Å². The Kier molecular flexibility index (Phi) is 6.06. The van der Waals surface area contributed by atoms with Crippen LogP contribution in [0.25, 0.3) is 0 Å². The van der Waals surface area contributed by atoms with Crippen LogP contribution in [0.2, 0.25) is 0 Å². The number of phenolic OH excluding ortho intramolecular Hbond substituents is 1. The minimum Gasteiger partial charge on any atom is -0.507 e. The summed E-state index contributed by atoms with van der Waals surface area (Å²) in [5.74, 6) is 1.83. The average molecular weight is 373 g/mol. The van der Waals surface area contributed by atoms with Crippen molar-refractivity contribution >= 4 is 17.5 Å². The average Bonchev–Trinajstić information content (AvgIpc) is 3.12. The molecule has 2 aromatic carbocycles. The largest absolute Gasteiger partial charge is 0.507 e. The minimum absolute atomic E-state index is 0.0234. The summed E-state index contributed by atoms with van der Waals surface area (Å²) in [5, 5.41) is 13.0. The molecule has 0 saturated heterocycles. The van der Waals surface area contributed by atoms with E-state index in [1.54, 1.807) is 18.2 Å². The highest BCUT2D eigenvalue weighted by Gasteiger charge is 2.14. The Bertz CT molecular complexity index is 793. The molecular formula is C20H23NO4S. The van der Waals surface area contributed by atoms with Crippen molar-refractivity contribution in [2.24, 2.45) is 0 Å². The summed E-state index contributed by atoms with van der Waals surface area (Å²) in [6, 6.07) is 11.2. The smallest absolute Gasteiger partial charge is 0.231 e. The number of ketones is 1. The molecule has 0 bridgehead atoms. The van der Waals surface area contributed by atoms with Crippen LogP contribution in [-0.2, 0) is 6.42 Å². The maximum Gasteiger partial charge on any atom is 0.231 e. The molecule has 2 N–H and O–H groups in total. The molecular weight excluding hydrogens is 350 g/mol. The number of Topliss-reactive ketones (excluding diaryl/α,β-unsaturated/α-hetero) is 1. The number of ether oxygens (including phenoxy) is 2. The molecule has 1 aliphatic rings. The fourth-order valence-electron chi connectivity index (χ4n) is 2.80. The van der Waals surface area contributed by atoms with E-state index in [9.17, 15) is 9.90 Å². The Morgan fingerprint density at radius 2 is 2.04 bits per heavy atom. The molecule has 0 spiro atoms. The molecule has 1 aliphatic heterocycles. The van der Waals surface area contributed by atoms with Crippen molar-refractivity contribution in [1.29, 1.82) is 0 Å². The quantitative estimate of drug-likeness (QED) is 0.544. The van der Waals surface area contributed by atoms with Gasteiger partial charge in [-0.1, -0.05) is 6.07 Å². The van der Waals surface area contributed by atoms with Crippen LogP contribution in [-0.4, -0.2) is 36.5 Å². The lowest BCUT2D eigenvalue weighted by atomic mass is 10.0. The standard InChI is InChI=1S/C20H23NO4S/c1-13(3-4-14-5-8-18-19(9-14)25-12-24-18)21-11-17(23)15-6-7-16(22)20(10-15)26-2/h5-10,13,21-22H,3-4,11-12H2,1-2H3. The van der Waals surface area contributed by atoms with Gasteiger partial charge >= 0.3 is 0 Å². The van der Waals surface area contributed by atoms with Crippen molar-refractivity contribution in [2.45, 2.75) is 30.7 Å². The van der Waals surface area contributed by atoms with Gasteiger partial charge in [-0.15, -0.1) is 11.8 Å². The predicted octanol–water partition coefficient (Wildman–Crippen LogP) is 3.64. The summed E-state index contributed by atoms with van der Waals surface area (Å²) in [6.45, 7) is 2.64. The fourth-order valence-corrected chi connectivity index (χ4v) is 3.32. The van der Waals surface area contributed by atoms with Crippen molar-refractivity contribution in [3.05, 3.63) is 47.5 Å². The van der Waals surface area contributed by atoms with Crippen LogP contribution >= 0.6 is 11.8 Å². The van der Waals surface area contributed by atoms with E-state index in [1.165, 1.54) is 17.3 Å². The number of carbonyl (C=O) groups excluding carboxylic acids is 1. The third-order valence-electron chi connectivity index (χ3n) is 4.42. The number of rotatable bonds is 8. The number of fused-ring (bicyclic) bond motifs is 1. The summed E-state index contributed by atoms with van der Waals surface area (Å²) in [4.78, 5) is 13.1. The predicted molar refractivity (Wildman–Crippen MR) is 103 cm³/mol. The number of thioether (sulfide) groups is 1. The lowest BCUT2D eigenvalue weighted by Gasteiger charge is -2.14. The number of hydrogen-bond acceptors (Lipinski definition) is 6.